The van der Waals surface area contributed by atoms with E-state index in [2.05, 4.69) is 10.3 Å². The van der Waals surface area contributed by atoms with Crippen LogP contribution in [-0.4, -0.2) is 38.1 Å². The number of halogens is 1. The van der Waals surface area contributed by atoms with Gasteiger partial charge in [0, 0.05) is 17.7 Å². The number of phenolic OH excluding ortho intramolecular Hbond substituents is 2. The second kappa shape index (κ2) is 9.57. The Labute approximate surface area is 205 Å². The van der Waals surface area contributed by atoms with Crippen molar-refractivity contribution in [2.75, 3.05) is 7.11 Å². The van der Waals surface area contributed by atoms with Crippen LogP contribution in [0.2, 0.25) is 0 Å². The van der Waals surface area contributed by atoms with Crippen LogP contribution >= 0.6 is 0 Å². The average Bonchev–Trinajstić information content (AvgIpc) is 3.31. The molecule has 4 aromatic rings. The third-order valence-electron chi connectivity index (χ3n) is 5.81. The lowest BCUT2D eigenvalue weighted by molar-refractivity contribution is 0.0844. The summed E-state index contributed by atoms with van der Waals surface area (Å²) in [4.78, 5) is 12.7. The Morgan fingerprint density at radius 2 is 1.97 bits per heavy atom. The number of carbonyl (C=O) groups is 1. The molecule has 1 aromatic heterocycles. The number of aromatic nitrogens is 3. The van der Waals surface area contributed by atoms with E-state index >= 15 is 0 Å². The number of ketones is 1. The zero-order valence-corrected chi connectivity index (χ0v) is 19.2. The fraction of sp³-hybridized carbons (Fsp3) is 0.192. The first-order valence-corrected chi connectivity index (χ1v) is 11.1. The number of rotatable bonds is 7. The summed E-state index contributed by atoms with van der Waals surface area (Å²) in [7, 11) is 1.44. The lowest BCUT2D eigenvalue weighted by Crippen LogP contribution is -2.20. The summed E-state index contributed by atoms with van der Waals surface area (Å²) < 4.78 is 32.2. The van der Waals surface area contributed by atoms with E-state index in [-0.39, 0.29) is 59.7 Å². The first-order valence-electron chi connectivity index (χ1n) is 11.1. The maximum absolute atomic E-state index is 13.9. The van der Waals surface area contributed by atoms with Crippen LogP contribution in [0.3, 0.4) is 0 Å². The van der Waals surface area contributed by atoms with E-state index in [9.17, 15) is 19.4 Å². The molecule has 5 rings (SSSR count). The Kier molecular flexibility index (Phi) is 6.16. The molecule has 0 spiro atoms. The van der Waals surface area contributed by atoms with Crippen molar-refractivity contribution in [2.45, 2.75) is 25.7 Å². The van der Waals surface area contributed by atoms with Gasteiger partial charge in [-0.1, -0.05) is 29.5 Å². The molecule has 1 atom stereocenters. The zero-order valence-electron chi connectivity index (χ0n) is 19.2. The van der Waals surface area contributed by atoms with Gasteiger partial charge in [-0.15, -0.1) is 5.10 Å². The summed E-state index contributed by atoms with van der Waals surface area (Å²) in [6.45, 7) is 0.247. The first-order chi connectivity index (χ1) is 17.4. The van der Waals surface area contributed by atoms with Gasteiger partial charge >= 0.3 is 0 Å². The molecule has 184 valence electrons. The highest BCUT2D eigenvalue weighted by Gasteiger charge is 2.31. The van der Waals surface area contributed by atoms with Crippen LogP contribution in [0.5, 0.6) is 28.7 Å². The highest BCUT2D eigenvalue weighted by Crippen LogP contribution is 2.43. The largest absolute Gasteiger partial charge is 0.507 e. The van der Waals surface area contributed by atoms with Crippen molar-refractivity contribution in [1.82, 2.24) is 15.0 Å². The standard InChI is InChI=1S/C26H22FN3O6/c1-34-23-7-6-15(8-20(23)31)24-11-22(33)26-21(32)9-18(10-25(26)36-24)35-14-17-13-30(29-28-17)12-16-4-2-3-5-19(16)27/h2-10,13,24,31-32H,11-12,14H2,1H3/t24-/m0/s1. The molecule has 2 heterocycles. The second-order valence-electron chi connectivity index (χ2n) is 8.27. The van der Waals surface area contributed by atoms with Crippen LogP contribution in [0.1, 0.15) is 39.7 Å². The fourth-order valence-electron chi connectivity index (χ4n) is 4.03. The number of Topliss-reactive ketones (excluding diaryl/α,β-unsaturated/α-hetero) is 1. The van der Waals surface area contributed by atoms with E-state index in [0.29, 0.717) is 22.6 Å². The maximum atomic E-state index is 13.9. The van der Waals surface area contributed by atoms with Gasteiger partial charge in [0.1, 0.15) is 47.0 Å². The average molecular weight is 491 g/mol. The zero-order chi connectivity index (χ0) is 25.2. The smallest absolute Gasteiger partial charge is 0.174 e. The number of hydrogen-bond donors (Lipinski definition) is 2. The molecule has 1 aliphatic heterocycles. The van der Waals surface area contributed by atoms with Crippen molar-refractivity contribution in [2.24, 2.45) is 0 Å². The van der Waals surface area contributed by atoms with Crippen molar-refractivity contribution in [1.29, 1.82) is 0 Å². The molecule has 0 radical (unpaired) electrons. The molecular formula is C26H22FN3O6. The van der Waals surface area contributed by atoms with Crippen LogP contribution in [0.25, 0.3) is 0 Å². The molecule has 2 N–H and O–H groups in total. The number of carbonyl (C=O) groups excluding carboxylic acids is 1. The van der Waals surface area contributed by atoms with E-state index in [1.165, 1.54) is 36.1 Å². The van der Waals surface area contributed by atoms with Crippen LogP contribution in [-0.2, 0) is 13.2 Å². The van der Waals surface area contributed by atoms with Crippen molar-refractivity contribution in [3.8, 4) is 28.7 Å². The lowest BCUT2D eigenvalue weighted by atomic mass is 9.95. The van der Waals surface area contributed by atoms with E-state index in [0.717, 1.165) is 0 Å². The Balaban J connectivity index is 1.30. The number of hydrogen-bond acceptors (Lipinski definition) is 8. The molecular weight excluding hydrogens is 469 g/mol. The Bertz CT molecular complexity index is 1440. The fourth-order valence-corrected chi connectivity index (χ4v) is 4.03. The van der Waals surface area contributed by atoms with Crippen LogP contribution in [0.4, 0.5) is 4.39 Å². The van der Waals surface area contributed by atoms with E-state index < -0.39 is 6.10 Å². The molecule has 36 heavy (non-hydrogen) atoms. The second-order valence-corrected chi connectivity index (χ2v) is 8.27. The Hall–Kier alpha value is -4.60. The summed E-state index contributed by atoms with van der Waals surface area (Å²) in [6, 6.07) is 14.0. The van der Waals surface area contributed by atoms with E-state index in [1.54, 1.807) is 36.5 Å². The molecule has 0 saturated heterocycles. The van der Waals surface area contributed by atoms with Gasteiger partial charge in [0.05, 0.1) is 26.3 Å². The minimum absolute atomic E-state index is 0.00234. The van der Waals surface area contributed by atoms with Crippen molar-refractivity contribution >= 4 is 5.78 Å². The molecule has 1 aliphatic rings. The lowest BCUT2D eigenvalue weighted by Gasteiger charge is -2.26. The molecule has 0 bridgehead atoms. The van der Waals surface area contributed by atoms with Crippen LogP contribution < -0.4 is 14.2 Å². The number of phenols is 2. The Morgan fingerprint density at radius 1 is 1.14 bits per heavy atom. The highest BCUT2D eigenvalue weighted by atomic mass is 19.1. The van der Waals surface area contributed by atoms with Gasteiger partial charge in [-0.2, -0.15) is 0 Å². The van der Waals surface area contributed by atoms with Gasteiger partial charge in [0.25, 0.3) is 0 Å². The van der Waals surface area contributed by atoms with Gasteiger partial charge in [-0.25, -0.2) is 9.07 Å². The number of fused-ring (bicyclic) bond motifs is 1. The predicted octanol–water partition coefficient (Wildman–Crippen LogP) is 4.17. The monoisotopic (exact) mass is 491 g/mol. The SMILES string of the molecule is COc1ccc([C@@H]2CC(=O)c3c(O)cc(OCc4cn(Cc5ccccc5F)nn4)cc3O2)cc1O. The highest BCUT2D eigenvalue weighted by molar-refractivity contribution is 6.02. The third kappa shape index (κ3) is 4.65. The number of benzene rings is 3. The summed E-state index contributed by atoms with van der Waals surface area (Å²) in [6.07, 6.45) is 0.976. The molecule has 3 aromatic carbocycles. The van der Waals surface area contributed by atoms with Crippen molar-refractivity contribution in [3.63, 3.8) is 0 Å². The molecule has 10 heteroatoms. The van der Waals surface area contributed by atoms with Gasteiger partial charge in [0.15, 0.2) is 17.3 Å². The number of nitrogens with zero attached hydrogens (tertiary/aromatic N) is 3. The molecule has 0 fully saturated rings. The normalized spacial score (nSPS) is 14.7. The van der Waals surface area contributed by atoms with Crippen molar-refractivity contribution < 1.29 is 33.6 Å². The van der Waals surface area contributed by atoms with Gasteiger partial charge in [-0.3, -0.25) is 4.79 Å². The third-order valence-corrected chi connectivity index (χ3v) is 5.81. The minimum atomic E-state index is -0.658. The van der Waals surface area contributed by atoms with Gasteiger partial charge < -0.3 is 24.4 Å². The number of aromatic hydroxyl groups is 2. The summed E-state index contributed by atoms with van der Waals surface area (Å²) in [5.41, 5.74) is 1.64. The van der Waals surface area contributed by atoms with Crippen LogP contribution in [0, 0.1) is 5.82 Å². The van der Waals surface area contributed by atoms with E-state index in [4.69, 9.17) is 14.2 Å². The van der Waals surface area contributed by atoms with Crippen molar-refractivity contribution in [3.05, 3.63) is 89.0 Å². The molecule has 0 aliphatic carbocycles. The molecule has 0 unspecified atom stereocenters. The molecule has 0 amide bonds. The minimum Gasteiger partial charge on any atom is -0.507 e. The topological polar surface area (TPSA) is 116 Å². The van der Waals surface area contributed by atoms with Crippen LogP contribution in [0.15, 0.2) is 60.8 Å². The summed E-state index contributed by atoms with van der Waals surface area (Å²) >= 11 is 0. The predicted molar refractivity (Wildman–Crippen MR) is 125 cm³/mol. The quantitative estimate of drug-likeness (QED) is 0.396. The molecule has 9 nitrogen and oxygen atoms in total. The number of methoxy groups -OCH3 is 1. The summed E-state index contributed by atoms with van der Waals surface area (Å²) in [5.74, 6) is -0.206. The first kappa shape index (κ1) is 23.2. The maximum Gasteiger partial charge on any atom is 0.174 e. The van der Waals surface area contributed by atoms with E-state index in [1.807, 2.05) is 0 Å². The Morgan fingerprint density at radius 3 is 2.75 bits per heavy atom. The van der Waals surface area contributed by atoms with Gasteiger partial charge in [0.2, 0.25) is 0 Å². The summed E-state index contributed by atoms with van der Waals surface area (Å²) in [5, 5.41) is 28.6. The molecule has 0 saturated carbocycles. The van der Waals surface area contributed by atoms with Gasteiger partial charge in [-0.05, 0) is 23.8 Å². The number of ether oxygens (including phenoxy) is 3.